The summed E-state index contributed by atoms with van der Waals surface area (Å²) in [5.41, 5.74) is 1.15. The molecule has 0 fully saturated rings. The average Bonchev–Trinajstić information content (AvgIpc) is 2.83. The lowest BCUT2D eigenvalue weighted by atomic mass is 10.1. The quantitative estimate of drug-likeness (QED) is 0.348. The van der Waals surface area contributed by atoms with Gasteiger partial charge in [-0.1, -0.05) is 29.8 Å². The number of nitrogens with zero attached hydrogens (tertiary/aromatic N) is 1. The standard InChI is InChI=1S/C25H19ClFN3O4/c1-33-23-5-3-2-4-21(23)30-24(31)15-34-22-11-6-16(13-20(22)26)12-17(14-28)25(32)29-19-9-7-18(27)8-10-19/h2-13H,15H2,1H3,(H,29,32)(H,30,31). The van der Waals surface area contributed by atoms with Crippen molar-refractivity contribution in [2.75, 3.05) is 24.4 Å². The molecule has 0 aliphatic heterocycles. The molecular weight excluding hydrogens is 461 g/mol. The summed E-state index contributed by atoms with van der Waals surface area (Å²) in [5.74, 6) is -0.736. The average molecular weight is 480 g/mol. The van der Waals surface area contributed by atoms with Gasteiger partial charge in [-0.25, -0.2) is 4.39 Å². The molecule has 0 heterocycles. The lowest BCUT2D eigenvalue weighted by molar-refractivity contribution is -0.118. The van der Waals surface area contributed by atoms with Crippen LogP contribution in [0.5, 0.6) is 11.5 Å². The van der Waals surface area contributed by atoms with Crippen LogP contribution in [0, 0.1) is 17.1 Å². The molecule has 7 nitrogen and oxygen atoms in total. The fraction of sp³-hybridized carbons (Fsp3) is 0.0800. The van der Waals surface area contributed by atoms with E-state index >= 15 is 0 Å². The molecule has 0 bridgehead atoms. The van der Waals surface area contributed by atoms with Crippen molar-refractivity contribution in [3.05, 3.63) is 88.7 Å². The maximum atomic E-state index is 13.0. The molecule has 0 aliphatic rings. The van der Waals surface area contributed by atoms with Gasteiger partial charge in [0.1, 0.15) is 29.0 Å². The third-order valence-electron chi connectivity index (χ3n) is 4.47. The van der Waals surface area contributed by atoms with E-state index in [1.54, 1.807) is 30.3 Å². The van der Waals surface area contributed by atoms with Crippen LogP contribution in [0.25, 0.3) is 6.08 Å². The van der Waals surface area contributed by atoms with Crippen LogP contribution in [0.4, 0.5) is 15.8 Å². The molecule has 0 saturated heterocycles. The Hall–Kier alpha value is -4.35. The van der Waals surface area contributed by atoms with Gasteiger partial charge in [-0.2, -0.15) is 5.26 Å². The number of rotatable bonds is 8. The van der Waals surface area contributed by atoms with Crippen LogP contribution in [0.3, 0.4) is 0 Å². The van der Waals surface area contributed by atoms with Gasteiger partial charge in [0.25, 0.3) is 11.8 Å². The van der Waals surface area contributed by atoms with Crippen LogP contribution >= 0.6 is 11.6 Å². The number of benzene rings is 3. The molecule has 3 rings (SSSR count). The largest absolute Gasteiger partial charge is 0.495 e. The molecule has 9 heteroatoms. The Bertz CT molecular complexity index is 1270. The minimum absolute atomic E-state index is 0.176. The van der Waals surface area contributed by atoms with Gasteiger partial charge in [-0.05, 0) is 60.2 Å². The molecule has 0 unspecified atom stereocenters. The first-order valence-electron chi connectivity index (χ1n) is 9.93. The molecule has 0 saturated carbocycles. The van der Waals surface area contributed by atoms with Gasteiger partial charge in [0.05, 0.1) is 17.8 Å². The van der Waals surface area contributed by atoms with E-state index in [9.17, 15) is 19.2 Å². The van der Waals surface area contributed by atoms with Gasteiger partial charge >= 0.3 is 0 Å². The summed E-state index contributed by atoms with van der Waals surface area (Å²) in [4.78, 5) is 24.6. The summed E-state index contributed by atoms with van der Waals surface area (Å²) >= 11 is 6.25. The lowest BCUT2D eigenvalue weighted by Gasteiger charge is -2.11. The fourth-order valence-corrected chi connectivity index (χ4v) is 3.09. The van der Waals surface area contributed by atoms with E-state index in [2.05, 4.69) is 10.6 Å². The lowest BCUT2D eigenvalue weighted by Crippen LogP contribution is -2.20. The van der Waals surface area contributed by atoms with Crippen molar-refractivity contribution in [1.82, 2.24) is 0 Å². The minimum Gasteiger partial charge on any atom is -0.495 e. The summed E-state index contributed by atoms with van der Waals surface area (Å²) < 4.78 is 23.7. The second kappa shape index (κ2) is 11.5. The topological polar surface area (TPSA) is 100 Å². The second-order valence-corrected chi connectivity index (χ2v) is 7.27. The zero-order valence-electron chi connectivity index (χ0n) is 18.0. The third-order valence-corrected chi connectivity index (χ3v) is 4.77. The number of para-hydroxylation sites is 2. The SMILES string of the molecule is COc1ccccc1NC(=O)COc1ccc(C=C(C#N)C(=O)Nc2ccc(F)cc2)cc1Cl. The Morgan fingerprint density at radius 3 is 2.47 bits per heavy atom. The molecule has 34 heavy (non-hydrogen) atoms. The van der Waals surface area contributed by atoms with Gasteiger partial charge in [0.15, 0.2) is 6.61 Å². The van der Waals surface area contributed by atoms with E-state index < -0.39 is 17.6 Å². The van der Waals surface area contributed by atoms with E-state index in [0.717, 1.165) is 0 Å². The van der Waals surface area contributed by atoms with Crippen molar-refractivity contribution in [1.29, 1.82) is 5.26 Å². The Labute approximate surface area is 200 Å². The number of anilines is 2. The van der Waals surface area contributed by atoms with Crippen LogP contribution < -0.4 is 20.1 Å². The predicted octanol–water partition coefficient (Wildman–Crippen LogP) is 5.05. The number of nitrogens with one attached hydrogen (secondary N) is 2. The van der Waals surface area contributed by atoms with Crippen LogP contribution in [0.2, 0.25) is 5.02 Å². The van der Waals surface area contributed by atoms with Crippen molar-refractivity contribution in [3.8, 4) is 17.6 Å². The smallest absolute Gasteiger partial charge is 0.266 e. The summed E-state index contributed by atoms with van der Waals surface area (Å²) in [6.45, 7) is -0.295. The highest BCUT2D eigenvalue weighted by molar-refractivity contribution is 6.32. The normalized spacial score (nSPS) is 10.7. The van der Waals surface area contributed by atoms with E-state index in [0.29, 0.717) is 22.7 Å². The monoisotopic (exact) mass is 479 g/mol. The van der Waals surface area contributed by atoms with Crippen molar-refractivity contribution >= 4 is 40.9 Å². The molecular formula is C25H19ClFN3O4. The number of carbonyl (C=O) groups excluding carboxylic acids is 2. The van der Waals surface area contributed by atoms with Crippen molar-refractivity contribution in [2.24, 2.45) is 0 Å². The van der Waals surface area contributed by atoms with Gasteiger partial charge in [0, 0.05) is 5.69 Å². The number of ether oxygens (including phenoxy) is 2. The molecule has 0 aliphatic carbocycles. The second-order valence-electron chi connectivity index (χ2n) is 6.86. The number of nitriles is 1. The van der Waals surface area contributed by atoms with E-state index in [4.69, 9.17) is 21.1 Å². The van der Waals surface area contributed by atoms with Crippen LogP contribution in [-0.4, -0.2) is 25.5 Å². The van der Waals surface area contributed by atoms with Crippen LogP contribution in [0.1, 0.15) is 5.56 Å². The maximum absolute atomic E-state index is 13.0. The molecule has 2 amide bonds. The number of hydrogen-bond donors (Lipinski definition) is 2. The molecule has 0 spiro atoms. The number of amides is 2. The van der Waals surface area contributed by atoms with Crippen molar-refractivity contribution < 1.29 is 23.5 Å². The molecule has 0 radical (unpaired) electrons. The Morgan fingerprint density at radius 1 is 1.06 bits per heavy atom. The van der Waals surface area contributed by atoms with Crippen LogP contribution in [0.15, 0.2) is 72.3 Å². The minimum atomic E-state index is -0.654. The highest BCUT2D eigenvalue weighted by atomic mass is 35.5. The number of methoxy groups -OCH3 is 1. The van der Waals surface area contributed by atoms with E-state index in [1.165, 1.54) is 49.6 Å². The summed E-state index contributed by atoms with van der Waals surface area (Å²) in [7, 11) is 1.50. The van der Waals surface area contributed by atoms with Crippen molar-refractivity contribution in [3.63, 3.8) is 0 Å². The fourth-order valence-electron chi connectivity index (χ4n) is 2.85. The maximum Gasteiger partial charge on any atom is 0.266 e. The first-order chi connectivity index (χ1) is 16.4. The molecule has 0 atom stereocenters. The van der Waals surface area contributed by atoms with E-state index in [1.807, 2.05) is 6.07 Å². The highest BCUT2D eigenvalue weighted by Gasteiger charge is 2.12. The molecule has 0 aromatic heterocycles. The van der Waals surface area contributed by atoms with Gasteiger partial charge in [0.2, 0.25) is 0 Å². The van der Waals surface area contributed by atoms with Gasteiger partial charge in [-0.15, -0.1) is 0 Å². The predicted molar refractivity (Wildman–Crippen MR) is 127 cm³/mol. The first kappa shape index (κ1) is 24.3. The Kier molecular flexibility index (Phi) is 8.21. The highest BCUT2D eigenvalue weighted by Crippen LogP contribution is 2.27. The molecule has 2 N–H and O–H groups in total. The summed E-state index contributed by atoms with van der Waals surface area (Å²) in [6.07, 6.45) is 1.35. The number of halogens is 2. The van der Waals surface area contributed by atoms with Crippen molar-refractivity contribution in [2.45, 2.75) is 0 Å². The first-order valence-corrected chi connectivity index (χ1v) is 10.3. The summed E-state index contributed by atoms with van der Waals surface area (Å²) in [6, 6.07) is 18.6. The Morgan fingerprint density at radius 2 is 1.79 bits per heavy atom. The number of hydrogen-bond acceptors (Lipinski definition) is 5. The molecule has 3 aromatic rings. The zero-order valence-corrected chi connectivity index (χ0v) is 18.7. The Balaban J connectivity index is 1.63. The zero-order chi connectivity index (χ0) is 24.5. The van der Waals surface area contributed by atoms with Crippen LogP contribution in [-0.2, 0) is 9.59 Å². The number of carbonyl (C=O) groups is 2. The van der Waals surface area contributed by atoms with E-state index in [-0.39, 0.29) is 23.0 Å². The van der Waals surface area contributed by atoms with Gasteiger partial charge < -0.3 is 20.1 Å². The molecule has 3 aromatic carbocycles. The molecule has 172 valence electrons. The third kappa shape index (κ3) is 6.58. The van der Waals surface area contributed by atoms with Gasteiger partial charge in [-0.3, -0.25) is 9.59 Å². The summed E-state index contributed by atoms with van der Waals surface area (Å²) in [5, 5.41) is 14.8.